The van der Waals surface area contributed by atoms with Crippen LogP contribution in [0.1, 0.15) is 41.7 Å². The van der Waals surface area contributed by atoms with Gasteiger partial charge in [0.05, 0.1) is 17.0 Å². The van der Waals surface area contributed by atoms with Gasteiger partial charge < -0.3 is 4.74 Å². The van der Waals surface area contributed by atoms with E-state index >= 15 is 0 Å². The van der Waals surface area contributed by atoms with Gasteiger partial charge in [-0.1, -0.05) is 23.7 Å². The third-order valence-electron chi connectivity index (χ3n) is 6.75. The van der Waals surface area contributed by atoms with Crippen molar-refractivity contribution in [2.24, 2.45) is 0 Å². The normalized spacial score (nSPS) is 25.7. The summed E-state index contributed by atoms with van der Waals surface area (Å²) in [5.74, 6) is 1.81. The van der Waals surface area contributed by atoms with Gasteiger partial charge in [0.25, 0.3) is 0 Å². The fraction of sp³-hybridized carbons (Fsp3) is 0.375. The quantitative estimate of drug-likeness (QED) is 0.436. The smallest absolute Gasteiger partial charge is 0.118 e. The fourth-order valence-electron chi connectivity index (χ4n) is 5.19. The van der Waals surface area contributed by atoms with E-state index in [4.69, 9.17) is 21.3 Å². The molecule has 0 amide bonds. The first-order chi connectivity index (χ1) is 14.1. The van der Waals surface area contributed by atoms with Crippen LogP contribution in [0.5, 0.6) is 5.75 Å². The molecule has 0 radical (unpaired) electrons. The highest BCUT2D eigenvalue weighted by Gasteiger charge is 2.47. The second-order valence-electron chi connectivity index (χ2n) is 8.17. The number of fused-ring (bicyclic) bond motifs is 2. The number of thiazole rings is 1. The van der Waals surface area contributed by atoms with E-state index in [1.807, 2.05) is 41.8 Å². The zero-order chi connectivity index (χ0) is 20.0. The van der Waals surface area contributed by atoms with E-state index in [1.165, 1.54) is 40.3 Å². The Balaban J connectivity index is 0.00000218. The maximum atomic E-state index is 6.16. The minimum atomic E-state index is 0. The molecule has 2 bridgehead atoms. The van der Waals surface area contributed by atoms with Crippen LogP contribution in [0.15, 0.2) is 54.7 Å². The second-order valence-corrected chi connectivity index (χ2v) is 9.67. The summed E-state index contributed by atoms with van der Waals surface area (Å²) in [7, 11) is 4.00. The molecule has 0 spiro atoms. The molecule has 5 rings (SSSR count). The zero-order valence-electron chi connectivity index (χ0n) is 17.1. The van der Waals surface area contributed by atoms with Gasteiger partial charge >= 0.3 is 0 Å². The van der Waals surface area contributed by atoms with Crippen LogP contribution < -0.4 is 4.74 Å². The summed E-state index contributed by atoms with van der Waals surface area (Å²) in [5.41, 5.74) is 2.59. The van der Waals surface area contributed by atoms with Crippen LogP contribution in [0.4, 0.5) is 0 Å². The number of likely N-dealkylation sites (N-methyl/N-ethyl adjacent to an activating group) is 1. The maximum Gasteiger partial charge on any atom is 0.118 e. The minimum absolute atomic E-state index is 0. The van der Waals surface area contributed by atoms with Crippen LogP contribution in [-0.2, 0) is 0 Å². The highest BCUT2D eigenvalue weighted by molar-refractivity contribution is 7.15. The molecule has 2 fully saturated rings. The number of hydrogen-bond acceptors (Lipinski definition) is 4. The maximum absolute atomic E-state index is 6.16. The molecule has 6 heteroatoms. The molecule has 4 atom stereocenters. The predicted octanol–water partition coefficient (Wildman–Crippen LogP) is 6.63. The Bertz CT molecular complexity index is 989. The van der Waals surface area contributed by atoms with Gasteiger partial charge in [-0.15, -0.1) is 23.7 Å². The summed E-state index contributed by atoms with van der Waals surface area (Å²) >= 11 is 8.00. The number of methoxy groups -OCH3 is 1. The summed E-state index contributed by atoms with van der Waals surface area (Å²) in [6.45, 7) is 0. The fourth-order valence-corrected chi connectivity index (χ4v) is 6.46. The summed E-state index contributed by atoms with van der Waals surface area (Å²) in [6, 6.07) is 18.0. The number of benzene rings is 2. The molecular weight excluding hydrogens is 435 g/mol. The van der Waals surface area contributed by atoms with E-state index in [-0.39, 0.29) is 12.4 Å². The van der Waals surface area contributed by atoms with Gasteiger partial charge in [0.1, 0.15) is 5.75 Å². The molecule has 2 saturated heterocycles. The van der Waals surface area contributed by atoms with Crippen molar-refractivity contribution in [2.75, 3.05) is 14.2 Å². The summed E-state index contributed by atoms with van der Waals surface area (Å²) in [6.07, 6.45) is 5.78. The zero-order valence-corrected chi connectivity index (χ0v) is 19.5. The van der Waals surface area contributed by atoms with Gasteiger partial charge in [-0.05, 0) is 79.8 Å². The lowest BCUT2D eigenvalue weighted by Gasteiger charge is -2.42. The van der Waals surface area contributed by atoms with Gasteiger partial charge in [-0.3, -0.25) is 4.90 Å². The van der Waals surface area contributed by atoms with Crippen LogP contribution >= 0.6 is 35.3 Å². The largest absolute Gasteiger partial charge is 0.497 e. The van der Waals surface area contributed by atoms with Crippen LogP contribution in [0, 0.1) is 0 Å². The van der Waals surface area contributed by atoms with Gasteiger partial charge in [0.15, 0.2) is 0 Å². The Morgan fingerprint density at radius 2 is 1.80 bits per heavy atom. The van der Waals surface area contributed by atoms with Crippen molar-refractivity contribution in [3.8, 4) is 16.2 Å². The van der Waals surface area contributed by atoms with Crippen molar-refractivity contribution in [2.45, 2.75) is 43.2 Å². The standard InChI is InChI=1S/C24H25ClN2OS.ClH/c1-27-18-9-12-21(27)23(20(13-18)15-3-7-17(25)8-4-15)24-26-14-22(29-24)16-5-10-19(28-2)11-6-16;/h3-8,10-11,14,18,20-21,23H,9,12-13H2,1-2H3;1H/t18-,20+,21+,23-;/m0./s1. The molecule has 158 valence electrons. The molecule has 0 aliphatic carbocycles. The molecule has 3 heterocycles. The van der Waals surface area contributed by atoms with E-state index < -0.39 is 0 Å². The molecule has 3 nitrogen and oxygen atoms in total. The minimum Gasteiger partial charge on any atom is -0.497 e. The molecule has 0 N–H and O–H groups in total. The predicted molar refractivity (Wildman–Crippen MR) is 127 cm³/mol. The first-order valence-corrected chi connectivity index (χ1v) is 11.4. The van der Waals surface area contributed by atoms with Crippen molar-refractivity contribution < 1.29 is 4.74 Å². The molecule has 2 aromatic carbocycles. The monoisotopic (exact) mass is 460 g/mol. The molecule has 0 unspecified atom stereocenters. The molecule has 2 aliphatic rings. The van der Waals surface area contributed by atoms with Gasteiger partial charge in [-0.2, -0.15) is 0 Å². The van der Waals surface area contributed by atoms with E-state index in [9.17, 15) is 0 Å². The van der Waals surface area contributed by atoms with E-state index in [1.54, 1.807) is 7.11 Å². The topological polar surface area (TPSA) is 25.4 Å². The van der Waals surface area contributed by atoms with Crippen molar-refractivity contribution in [3.63, 3.8) is 0 Å². The Kier molecular flexibility index (Phi) is 6.40. The van der Waals surface area contributed by atoms with Crippen LogP contribution in [0.3, 0.4) is 0 Å². The van der Waals surface area contributed by atoms with Gasteiger partial charge in [0, 0.05) is 29.2 Å². The first-order valence-electron chi connectivity index (χ1n) is 10.2. The van der Waals surface area contributed by atoms with Crippen LogP contribution in [0.2, 0.25) is 5.02 Å². The third kappa shape index (κ3) is 3.87. The van der Waals surface area contributed by atoms with Crippen molar-refractivity contribution in [1.82, 2.24) is 9.88 Å². The van der Waals surface area contributed by atoms with Crippen LogP contribution in [-0.4, -0.2) is 36.1 Å². The Labute approximate surface area is 193 Å². The average molecular weight is 461 g/mol. The van der Waals surface area contributed by atoms with Gasteiger partial charge in [-0.25, -0.2) is 4.98 Å². The van der Waals surface area contributed by atoms with E-state index in [0.717, 1.165) is 10.8 Å². The summed E-state index contributed by atoms with van der Waals surface area (Å²) < 4.78 is 5.29. The number of ether oxygens (including phenoxy) is 1. The van der Waals surface area contributed by atoms with Crippen molar-refractivity contribution >= 4 is 35.3 Å². The van der Waals surface area contributed by atoms with E-state index in [0.29, 0.717) is 23.9 Å². The molecule has 30 heavy (non-hydrogen) atoms. The van der Waals surface area contributed by atoms with E-state index in [2.05, 4.69) is 36.2 Å². The highest BCUT2D eigenvalue weighted by atomic mass is 35.5. The SMILES string of the molecule is COc1ccc(-c2cnc([C@H]3[C@@H](c4ccc(Cl)cc4)C[C@@H]4CC[C@H]3N4C)s2)cc1.Cl. The third-order valence-corrected chi connectivity index (χ3v) is 8.15. The Morgan fingerprint density at radius 1 is 1.07 bits per heavy atom. The summed E-state index contributed by atoms with van der Waals surface area (Å²) in [4.78, 5) is 8.76. The molecular formula is C24H26Cl2N2OS. The summed E-state index contributed by atoms with van der Waals surface area (Å²) in [5, 5.41) is 2.06. The number of aromatic nitrogens is 1. The highest BCUT2D eigenvalue weighted by Crippen LogP contribution is 2.52. The number of piperidine rings is 1. The molecule has 0 saturated carbocycles. The first kappa shape index (κ1) is 21.6. The Morgan fingerprint density at radius 3 is 2.50 bits per heavy atom. The molecule has 1 aromatic heterocycles. The number of nitrogens with zero attached hydrogens (tertiary/aromatic N) is 2. The van der Waals surface area contributed by atoms with Crippen molar-refractivity contribution in [3.05, 3.63) is 70.3 Å². The Hall–Kier alpha value is -1.59. The molecule has 2 aliphatic heterocycles. The van der Waals surface area contributed by atoms with Gasteiger partial charge in [0.2, 0.25) is 0 Å². The number of halogens is 2. The lowest BCUT2D eigenvalue weighted by molar-refractivity contribution is 0.137. The average Bonchev–Trinajstić information content (AvgIpc) is 3.31. The second kappa shape index (κ2) is 8.88. The lowest BCUT2D eigenvalue weighted by atomic mass is 9.76. The number of hydrogen-bond donors (Lipinski definition) is 0. The van der Waals surface area contributed by atoms with Crippen LogP contribution in [0.25, 0.3) is 10.4 Å². The lowest BCUT2D eigenvalue weighted by Crippen LogP contribution is -2.44. The number of rotatable bonds is 4. The van der Waals surface area contributed by atoms with Crippen molar-refractivity contribution in [1.29, 1.82) is 0 Å². The molecule has 3 aromatic rings.